The Morgan fingerprint density at radius 2 is 1.39 bits per heavy atom. The molecule has 26 nitrogen and oxygen atoms in total. The van der Waals surface area contributed by atoms with Crippen LogP contribution in [0.5, 0.6) is 23.0 Å². The van der Waals surface area contributed by atoms with Crippen molar-refractivity contribution in [1.82, 2.24) is 29.9 Å². The van der Waals surface area contributed by atoms with Crippen LogP contribution >= 0.6 is 0 Å². The molecule has 3 aromatic rings. The number of anilines is 2. The van der Waals surface area contributed by atoms with E-state index in [1.54, 1.807) is 67.6 Å². The predicted octanol–water partition coefficient (Wildman–Crippen LogP) is 6.67. The Hall–Kier alpha value is -8.53. The van der Waals surface area contributed by atoms with E-state index in [2.05, 4.69) is 37.8 Å². The van der Waals surface area contributed by atoms with E-state index in [1.165, 1.54) is 38.2 Å². The molecule has 4 aliphatic heterocycles. The minimum Gasteiger partial charge on any atom is -0.493 e. The average Bonchev–Trinajstić information content (AvgIpc) is 1.61. The van der Waals surface area contributed by atoms with E-state index in [4.69, 9.17) is 33.2 Å². The first kappa shape index (κ1) is 65.9. The van der Waals surface area contributed by atoms with Gasteiger partial charge >= 0.3 is 22.4 Å². The maximum atomic E-state index is 14.2. The van der Waals surface area contributed by atoms with Crippen molar-refractivity contribution in [2.75, 3.05) is 57.4 Å². The summed E-state index contributed by atoms with van der Waals surface area (Å²) in [5, 5.41) is 19.9. The van der Waals surface area contributed by atoms with Gasteiger partial charge in [-0.1, -0.05) is 49.3 Å². The summed E-state index contributed by atoms with van der Waals surface area (Å²) in [6, 6.07) is 9.59. The molecule has 1 saturated carbocycles. The lowest BCUT2D eigenvalue weighted by molar-refractivity contribution is -0.133. The highest BCUT2D eigenvalue weighted by Gasteiger charge is 2.52. The lowest BCUT2D eigenvalue weighted by atomic mass is 10.0. The summed E-state index contributed by atoms with van der Waals surface area (Å²) in [6.45, 7) is 7.92. The number of carbonyl (C=O) groups is 7. The Balaban J connectivity index is 0.724. The monoisotopic (exact) mass is 1270 g/mol. The number of hydrogen-bond donors (Lipinski definition) is 6. The van der Waals surface area contributed by atoms with Crippen molar-refractivity contribution in [3.8, 4) is 23.0 Å². The molecule has 0 unspecified atom stereocenters. The number of nitrogens with zero attached hydrogens (tertiary/aromatic N) is 4. The first-order valence-corrected chi connectivity index (χ1v) is 31.7. The number of allylic oxidation sites excluding steroid dienone is 2. The molecule has 0 radical (unpaired) electrons. The number of aliphatic hydroxyl groups is 1. The van der Waals surface area contributed by atoms with Crippen LogP contribution in [-0.2, 0) is 45.4 Å². The normalized spacial score (nSPS) is 21.6. The summed E-state index contributed by atoms with van der Waals surface area (Å²) in [4.78, 5) is 102. The fourth-order valence-electron chi connectivity index (χ4n) is 11.6. The zero-order chi connectivity index (χ0) is 64.4. The summed E-state index contributed by atoms with van der Waals surface area (Å²) in [5.41, 5.74) is 3.82. The lowest BCUT2D eigenvalue weighted by Crippen LogP contribution is -2.54. The number of ether oxygens (including phenoxy) is 7. The van der Waals surface area contributed by atoms with Crippen molar-refractivity contribution in [2.24, 2.45) is 22.7 Å². The Labute approximate surface area is 522 Å². The molecule has 0 bridgehead atoms. The minimum absolute atomic E-state index is 0.0473. The number of fused-ring (bicyclic) bond motifs is 5. The van der Waals surface area contributed by atoms with E-state index in [1.807, 2.05) is 24.8 Å². The Bertz CT molecular complexity index is 3430. The second-order valence-corrected chi connectivity index (χ2v) is 24.9. The van der Waals surface area contributed by atoms with Gasteiger partial charge in [-0.25, -0.2) is 19.2 Å². The van der Waals surface area contributed by atoms with Crippen LogP contribution in [-0.4, -0.2) is 155 Å². The Morgan fingerprint density at radius 3 is 2.06 bits per heavy atom. The van der Waals surface area contributed by atoms with E-state index in [0.29, 0.717) is 59.9 Å². The predicted molar refractivity (Wildman–Crippen MR) is 329 cm³/mol. The first-order chi connectivity index (χ1) is 43.1. The van der Waals surface area contributed by atoms with E-state index in [0.717, 1.165) is 48.2 Å². The third kappa shape index (κ3) is 16.1. The van der Waals surface area contributed by atoms with Gasteiger partial charge in [0.05, 0.1) is 68.6 Å². The second-order valence-electron chi connectivity index (χ2n) is 23.4. The van der Waals surface area contributed by atoms with Crippen LogP contribution in [0, 0.1) is 17.8 Å². The molecule has 6 N–H and O–H groups in total. The number of nitrogens with one attached hydrogen (secondary N) is 5. The molecule has 6 aliphatic rings. The van der Waals surface area contributed by atoms with Crippen LogP contribution in [0.2, 0.25) is 0 Å². The highest BCUT2D eigenvalue weighted by Crippen LogP contribution is 2.49. The van der Waals surface area contributed by atoms with E-state index in [-0.39, 0.29) is 85.4 Å². The summed E-state index contributed by atoms with van der Waals surface area (Å²) < 4.78 is 69.0. The molecule has 0 aromatic heterocycles. The summed E-state index contributed by atoms with van der Waals surface area (Å²) >= 11 is 0. The topological polar surface area (TPSA) is 321 Å². The maximum Gasteiger partial charge on any atom is 0.422 e. The maximum absolute atomic E-state index is 14.2. The molecular formula is C63H79N9O17S. The number of unbranched alkanes of at least 4 members (excludes halogenated alkanes) is 2. The van der Waals surface area contributed by atoms with Gasteiger partial charge in [0.15, 0.2) is 29.2 Å². The molecule has 0 saturated heterocycles. The van der Waals surface area contributed by atoms with Crippen molar-refractivity contribution >= 4 is 75.2 Å². The molecule has 8 atom stereocenters. The Kier molecular flexibility index (Phi) is 21.5. The molecule has 9 rings (SSSR count). The quantitative estimate of drug-likeness (QED) is 0.0361. The smallest absolute Gasteiger partial charge is 0.422 e. The average molecular weight is 1270 g/mol. The zero-order valence-corrected chi connectivity index (χ0v) is 52.3. The third-order valence-corrected chi connectivity index (χ3v) is 17.4. The molecule has 90 heavy (non-hydrogen) atoms. The van der Waals surface area contributed by atoms with Crippen LogP contribution in [0.4, 0.5) is 26.7 Å². The van der Waals surface area contributed by atoms with Crippen LogP contribution in [0.15, 0.2) is 89.2 Å². The van der Waals surface area contributed by atoms with Crippen molar-refractivity contribution < 1.29 is 80.2 Å². The van der Waals surface area contributed by atoms with E-state index < -0.39 is 82.9 Å². The minimum atomic E-state index is -4.27. The van der Waals surface area contributed by atoms with Crippen LogP contribution < -0.4 is 49.2 Å². The van der Waals surface area contributed by atoms with Gasteiger partial charge in [0, 0.05) is 54.8 Å². The fraction of sp³-hybridized carbons (Fsp3) is 0.492. The molecule has 2 aliphatic carbocycles. The van der Waals surface area contributed by atoms with Crippen molar-refractivity contribution in [3.05, 3.63) is 101 Å². The number of benzene rings is 3. The summed E-state index contributed by atoms with van der Waals surface area (Å²) in [7, 11) is -1.32. The fourth-order valence-corrected chi connectivity index (χ4v) is 12.2. The van der Waals surface area contributed by atoms with Gasteiger partial charge in [-0.15, -0.1) is 0 Å². The summed E-state index contributed by atoms with van der Waals surface area (Å²) in [6.07, 6.45) is 12.0. The van der Waals surface area contributed by atoms with Crippen molar-refractivity contribution in [2.45, 2.75) is 136 Å². The largest absolute Gasteiger partial charge is 0.493 e. The van der Waals surface area contributed by atoms with E-state index >= 15 is 0 Å². The number of carbonyl (C=O) groups excluding carboxylic acids is 7. The van der Waals surface area contributed by atoms with Crippen LogP contribution in [0.1, 0.15) is 119 Å². The van der Waals surface area contributed by atoms with Gasteiger partial charge in [0.25, 0.3) is 11.8 Å². The SMILES string of the molecule is COc1cc2c(cc1OCCCCCOc1cc3c(cc1OC)C(=O)N1C=C(C)C[C@H]1[C@H](O)N3C(=O)OCc1ccc(NC(=O)[C@H](C)NC(=O)[C@@H](NC(=O)COCCNS(=O)(=O)NC(=O)O[C@@H]3[C@@H]4CC/C=C\CC[C@@H]43)C(C)C)cc1)N=C[C@@H]1CC(C)=CN1C2=O. The number of methoxy groups -OCH3 is 2. The highest BCUT2D eigenvalue weighted by molar-refractivity contribution is 7.88. The number of amides is 7. The van der Waals surface area contributed by atoms with E-state index in [9.17, 15) is 47.1 Å². The Morgan fingerprint density at radius 1 is 0.756 bits per heavy atom. The van der Waals surface area contributed by atoms with Crippen molar-refractivity contribution in [3.63, 3.8) is 0 Å². The van der Waals surface area contributed by atoms with Gasteiger partial charge in [0.2, 0.25) is 17.7 Å². The molecule has 7 amide bonds. The van der Waals surface area contributed by atoms with Gasteiger partial charge in [0.1, 0.15) is 31.4 Å². The third-order valence-electron chi connectivity index (χ3n) is 16.3. The van der Waals surface area contributed by atoms with Gasteiger partial charge < -0.3 is 64.0 Å². The summed E-state index contributed by atoms with van der Waals surface area (Å²) in [5.74, 6) is -1.17. The number of rotatable bonds is 26. The first-order valence-electron chi connectivity index (χ1n) is 30.2. The molecular weight excluding hydrogens is 1190 g/mol. The molecule has 4 heterocycles. The number of aliphatic imine (C=N–C) groups is 1. The second kappa shape index (κ2) is 29.4. The molecule has 484 valence electrons. The standard InChI is InChI=1S/C63H79N9O17S/c1-36(2)55(68-54(73)35-85-24-21-65-90(81,82)69-62(79)89-56-43-15-11-8-9-12-16-44(43)56)58(75)66-39(5)57(74)67-41-19-17-40(18-20-41)34-88-63(80)72-48-30-53(51(84-7)28-46(48)60(77)71-33-38(4)26-49(71)61(72)78)87-23-14-10-13-22-86-52-29-47-45(27-50(52)83-6)59(76)70-32-37(3)25-42(70)31-64-47/h8-9,17-20,27-33,36,39,42-44,49,55-56,61,65,78H,10-16,21-26,34-35H2,1-7H3,(H,66,75)(H,67,74)(H,68,73)(H,69,79)/b9-8-/t39-,42-,43-,44+,49-,55-,56-,61-/m0/s1. The molecule has 3 aromatic carbocycles. The molecule has 1 fully saturated rings. The highest BCUT2D eigenvalue weighted by atomic mass is 32.2. The number of hydrogen-bond acceptors (Lipinski definition) is 18. The lowest BCUT2D eigenvalue weighted by Gasteiger charge is -2.31. The van der Waals surface area contributed by atoms with Gasteiger partial charge in [-0.3, -0.25) is 29.0 Å². The molecule has 27 heteroatoms. The van der Waals surface area contributed by atoms with Crippen molar-refractivity contribution in [1.29, 1.82) is 0 Å². The number of aliphatic hydroxyl groups excluding tert-OH is 1. The molecule has 0 spiro atoms. The van der Waals surface area contributed by atoms with Crippen LogP contribution in [0.3, 0.4) is 0 Å². The van der Waals surface area contributed by atoms with Gasteiger partial charge in [-0.05, 0) is 114 Å². The van der Waals surface area contributed by atoms with Gasteiger partial charge in [-0.2, -0.15) is 13.1 Å². The van der Waals surface area contributed by atoms with Crippen LogP contribution in [0.25, 0.3) is 0 Å². The zero-order valence-electron chi connectivity index (χ0n) is 51.5.